The van der Waals surface area contributed by atoms with Crippen molar-refractivity contribution in [3.63, 3.8) is 0 Å². The van der Waals surface area contributed by atoms with Gasteiger partial charge in [0.15, 0.2) is 0 Å². The molecule has 1 heterocycles. The van der Waals surface area contributed by atoms with Gasteiger partial charge in [0.2, 0.25) is 0 Å². The molecule has 0 radical (unpaired) electrons. The molecular formula is C8H16N2O. The summed E-state index contributed by atoms with van der Waals surface area (Å²) in [7, 11) is 0. The van der Waals surface area contributed by atoms with Crippen molar-refractivity contribution in [1.82, 2.24) is 5.01 Å². The van der Waals surface area contributed by atoms with Crippen LogP contribution in [0.2, 0.25) is 0 Å². The van der Waals surface area contributed by atoms with E-state index in [1.165, 1.54) is 0 Å². The Morgan fingerprint density at radius 2 is 2.18 bits per heavy atom. The fraction of sp³-hybridized carbons (Fsp3) is 0.875. The Morgan fingerprint density at radius 1 is 1.55 bits per heavy atom. The molecule has 64 valence electrons. The molecule has 0 aliphatic carbocycles. The van der Waals surface area contributed by atoms with Crippen LogP contribution in [0.4, 0.5) is 0 Å². The quantitative estimate of drug-likeness (QED) is 0.564. The van der Waals surface area contributed by atoms with Crippen molar-refractivity contribution in [2.24, 2.45) is 11.8 Å². The molecule has 11 heavy (non-hydrogen) atoms. The van der Waals surface area contributed by atoms with E-state index in [1.807, 2.05) is 0 Å². The molecule has 0 bridgehead atoms. The van der Waals surface area contributed by atoms with Gasteiger partial charge in [0, 0.05) is 6.54 Å². The number of hydrogen-bond donors (Lipinski definition) is 1. The number of Topliss-reactive ketones (excluding diaryl/α,β-unsaturated/α-hetero) is 1. The summed E-state index contributed by atoms with van der Waals surface area (Å²) in [6, 6.07) is -0.0220. The Labute approximate surface area is 67.5 Å². The minimum atomic E-state index is -0.0220. The van der Waals surface area contributed by atoms with E-state index in [0.717, 1.165) is 19.4 Å². The standard InChI is InChI=1S/C8H16N2O/c1-6-3-4-8(7(2)11)10(9)5-6/h6,8H,3-5,9H2,1-2H3. The van der Waals surface area contributed by atoms with Crippen molar-refractivity contribution in [3.8, 4) is 0 Å². The van der Waals surface area contributed by atoms with Gasteiger partial charge in [0.1, 0.15) is 5.78 Å². The Hall–Kier alpha value is -0.410. The van der Waals surface area contributed by atoms with Crippen molar-refractivity contribution in [3.05, 3.63) is 0 Å². The van der Waals surface area contributed by atoms with Crippen LogP contribution in [-0.2, 0) is 4.79 Å². The molecular weight excluding hydrogens is 140 g/mol. The summed E-state index contributed by atoms with van der Waals surface area (Å²) in [6.45, 7) is 4.63. The summed E-state index contributed by atoms with van der Waals surface area (Å²) in [4.78, 5) is 11.0. The fourth-order valence-corrected chi connectivity index (χ4v) is 1.62. The summed E-state index contributed by atoms with van der Waals surface area (Å²) >= 11 is 0. The van der Waals surface area contributed by atoms with Crippen LogP contribution >= 0.6 is 0 Å². The molecule has 0 saturated carbocycles. The number of carbonyl (C=O) groups excluding carboxylic acids is 1. The van der Waals surface area contributed by atoms with Crippen LogP contribution in [0.3, 0.4) is 0 Å². The molecule has 1 aliphatic rings. The smallest absolute Gasteiger partial charge is 0.148 e. The van der Waals surface area contributed by atoms with Gasteiger partial charge in [-0.2, -0.15) is 0 Å². The van der Waals surface area contributed by atoms with Gasteiger partial charge in [-0.3, -0.25) is 10.6 Å². The summed E-state index contributed by atoms with van der Waals surface area (Å²) in [6.07, 6.45) is 2.05. The van der Waals surface area contributed by atoms with Gasteiger partial charge >= 0.3 is 0 Å². The third-order valence-corrected chi connectivity index (χ3v) is 2.32. The maximum atomic E-state index is 11.0. The van der Waals surface area contributed by atoms with Crippen molar-refractivity contribution in [2.75, 3.05) is 6.54 Å². The molecule has 0 spiro atoms. The first-order valence-corrected chi connectivity index (χ1v) is 4.13. The van der Waals surface area contributed by atoms with Crippen LogP contribution in [-0.4, -0.2) is 23.4 Å². The Bertz CT molecular complexity index is 158. The number of carbonyl (C=O) groups is 1. The normalized spacial score (nSPS) is 33.7. The molecule has 1 fully saturated rings. The average Bonchev–Trinajstić information content (AvgIpc) is 1.85. The number of hydrogen-bond acceptors (Lipinski definition) is 3. The first-order valence-electron chi connectivity index (χ1n) is 4.13. The van der Waals surface area contributed by atoms with Gasteiger partial charge in [-0.1, -0.05) is 6.92 Å². The lowest BCUT2D eigenvalue weighted by Gasteiger charge is -2.33. The van der Waals surface area contributed by atoms with Crippen LogP contribution in [0.1, 0.15) is 26.7 Å². The van der Waals surface area contributed by atoms with E-state index in [2.05, 4.69) is 6.92 Å². The number of piperidine rings is 1. The monoisotopic (exact) mass is 156 g/mol. The minimum Gasteiger partial charge on any atom is -0.298 e. The average molecular weight is 156 g/mol. The molecule has 1 aliphatic heterocycles. The van der Waals surface area contributed by atoms with Crippen LogP contribution in [0.25, 0.3) is 0 Å². The lowest BCUT2D eigenvalue weighted by atomic mass is 9.94. The lowest BCUT2D eigenvalue weighted by molar-refractivity contribution is -0.123. The predicted octanol–water partition coefficient (Wildman–Crippen LogP) is 0.550. The number of nitrogens with two attached hydrogens (primary N) is 1. The second kappa shape index (κ2) is 3.32. The topological polar surface area (TPSA) is 46.3 Å². The number of nitrogens with zero attached hydrogens (tertiary/aromatic N) is 1. The van der Waals surface area contributed by atoms with E-state index >= 15 is 0 Å². The largest absolute Gasteiger partial charge is 0.298 e. The van der Waals surface area contributed by atoms with Crippen molar-refractivity contribution in [1.29, 1.82) is 0 Å². The Morgan fingerprint density at radius 3 is 2.64 bits per heavy atom. The third kappa shape index (κ3) is 2.01. The molecule has 0 aromatic heterocycles. The third-order valence-electron chi connectivity index (χ3n) is 2.32. The summed E-state index contributed by atoms with van der Waals surface area (Å²) in [5.74, 6) is 6.51. The predicted molar refractivity (Wildman–Crippen MR) is 43.8 cm³/mol. The zero-order valence-electron chi connectivity index (χ0n) is 7.21. The zero-order chi connectivity index (χ0) is 8.43. The Balaban J connectivity index is 2.50. The first kappa shape index (κ1) is 8.68. The van der Waals surface area contributed by atoms with Crippen LogP contribution in [0, 0.1) is 5.92 Å². The van der Waals surface area contributed by atoms with E-state index in [0.29, 0.717) is 5.92 Å². The molecule has 2 N–H and O–H groups in total. The van der Waals surface area contributed by atoms with Gasteiger partial charge in [0.25, 0.3) is 0 Å². The maximum absolute atomic E-state index is 11.0. The number of ketones is 1. The fourth-order valence-electron chi connectivity index (χ4n) is 1.62. The molecule has 0 aromatic carbocycles. The van der Waals surface area contributed by atoms with Crippen LogP contribution in [0.5, 0.6) is 0 Å². The second-order valence-corrected chi connectivity index (χ2v) is 3.51. The van der Waals surface area contributed by atoms with Crippen LogP contribution < -0.4 is 5.84 Å². The Kier molecular flexibility index (Phi) is 2.62. The van der Waals surface area contributed by atoms with Crippen molar-refractivity contribution >= 4 is 5.78 Å². The highest BCUT2D eigenvalue weighted by Crippen LogP contribution is 2.18. The van der Waals surface area contributed by atoms with E-state index in [4.69, 9.17) is 5.84 Å². The highest BCUT2D eigenvalue weighted by atomic mass is 16.1. The minimum absolute atomic E-state index is 0.0220. The zero-order valence-corrected chi connectivity index (χ0v) is 7.21. The van der Waals surface area contributed by atoms with Crippen LogP contribution in [0.15, 0.2) is 0 Å². The maximum Gasteiger partial charge on any atom is 0.148 e. The summed E-state index contributed by atoms with van der Waals surface area (Å²) < 4.78 is 0. The summed E-state index contributed by atoms with van der Waals surface area (Å²) in [5, 5.41) is 1.68. The van der Waals surface area contributed by atoms with Crippen molar-refractivity contribution < 1.29 is 4.79 Å². The molecule has 3 nitrogen and oxygen atoms in total. The molecule has 2 atom stereocenters. The van der Waals surface area contributed by atoms with E-state index in [9.17, 15) is 4.79 Å². The lowest BCUT2D eigenvalue weighted by Crippen LogP contribution is -2.50. The molecule has 1 rings (SSSR count). The van der Waals surface area contributed by atoms with Gasteiger partial charge in [-0.15, -0.1) is 0 Å². The second-order valence-electron chi connectivity index (χ2n) is 3.51. The van der Waals surface area contributed by atoms with Gasteiger partial charge in [0.05, 0.1) is 6.04 Å². The molecule has 0 amide bonds. The van der Waals surface area contributed by atoms with E-state index < -0.39 is 0 Å². The van der Waals surface area contributed by atoms with Gasteiger partial charge < -0.3 is 0 Å². The van der Waals surface area contributed by atoms with Gasteiger partial charge in [-0.05, 0) is 25.7 Å². The van der Waals surface area contributed by atoms with Gasteiger partial charge in [-0.25, -0.2) is 5.01 Å². The molecule has 3 heteroatoms. The highest BCUT2D eigenvalue weighted by Gasteiger charge is 2.26. The molecule has 2 unspecified atom stereocenters. The molecule has 0 aromatic rings. The summed E-state index contributed by atoms with van der Waals surface area (Å²) in [5.41, 5.74) is 0. The SMILES string of the molecule is CC(=O)C1CCC(C)CN1N. The number of hydrazine groups is 1. The van der Waals surface area contributed by atoms with E-state index in [1.54, 1.807) is 11.9 Å². The van der Waals surface area contributed by atoms with E-state index in [-0.39, 0.29) is 11.8 Å². The highest BCUT2D eigenvalue weighted by molar-refractivity contribution is 5.81. The number of rotatable bonds is 1. The van der Waals surface area contributed by atoms with Crippen molar-refractivity contribution in [2.45, 2.75) is 32.7 Å². The molecule has 1 saturated heterocycles. The first-order chi connectivity index (χ1) is 5.11.